The van der Waals surface area contributed by atoms with Crippen molar-refractivity contribution < 1.29 is 0 Å². The molecule has 0 fully saturated rings. The van der Waals surface area contributed by atoms with Gasteiger partial charge < -0.3 is 9.55 Å². The highest BCUT2D eigenvalue weighted by Gasteiger charge is 2.10. The van der Waals surface area contributed by atoms with Crippen LogP contribution in [0.15, 0.2) is 41.4 Å². The van der Waals surface area contributed by atoms with E-state index >= 15 is 0 Å². The predicted octanol–water partition coefficient (Wildman–Crippen LogP) is 3.25. The van der Waals surface area contributed by atoms with Gasteiger partial charge in [-0.3, -0.25) is 0 Å². The van der Waals surface area contributed by atoms with Crippen LogP contribution < -0.4 is 0 Å². The van der Waals surface area contributed by atoms with Gasteiger partial charge in [0.25, 0.3) is 0 Å². The molecule has 0 aliphatic rings. The molecule has 0 radical (unpaired) electrons. The third-order valence-corrected chi connectivity index (χ3v) is 3.70. The van der Waals surface area contributed by atoms with Crippen LogP contribution in [0.25, 0.3) is 10.9 Å². The second kappa shape index (κ2) is 4.04. The molecule has 3 aromatic rings. The van der Waals surface area contributed by atoms with Gasteiger partial charge in [-0.05, 0) is 27.6 Å². The van der Waals surface area contributed by atoms with Crippen molar-refractivity contribution in [1.82, 2.24) is 14.5 Å². The zero-order chi connectivity index (χ0) is 11.8. The molecule has 0 aliphatic carbocycles. The van der Waals surface area contributed by atoms with Gasteiger partial charge in [-0.1, -0.05) is 18.2 Å². The van der Waals surface area contributed by atoms with Crippen molar-refractivity contribution in [2.45, 2.75) is 6.42 Å². The van der Waals surface area contributed by atoms with E-state index in [4.69, 9.17) is 0 Å². The number of fused-ring (bicyclic) bond motifs is 1. The van der Waals surface area contributed by atoms with Gasteiger partial charge in [0.15, 0.2) is 0 Å². The Morgan fingerprint density at radius 2 is 2.18 bits per heavy atom. The minimum absolute atomic E-state index is 0.876. The monoisotopic (exact) mass is 289 g/mol. The largest absolute Gasteiger partial charge is 0.361 e. The van der Waals surface area contributed by atoms with E-state index in [1.165, 1.54) is 22.2 Å². The van der Waals surface area contributed by atoms with Gasteiger partial charge in [-0.15, -0.1) is 0 Å². The van der Waals surface area contributed by atoms with E-state index in [9.17, 15) is 0 Å². The van der Waals surface area contributed by atoms with Gasteiger partial charge in [-0.2, -0.15) is 0 Å². The Hall–Kier alpha value is -1.55. The molecule has 0 saturated heterocycles. The number of aromatic nitrogens is 3. The van der Waals surface area contributed by atoms with Crippen molar-refractivity contribution in [2.24, 2.45) is 7.05 Å². The lowest BCUT2D eigenvalue weighted by molar-refractivity contribution is 0.844. The minimum atomic E-state index is 0.876. The van der Waals surface area contributed by atoms with Crippen molar-refractivity contribution in [3.05, 3.63) is 52.7 Å². The van der Waals surface area contributed by atoms with Crippen LogP contribution in [0, 0.1) is 0 Å². The van der Waals surface area contributed by atoms with Gasteiger partial charge >= 0.3 is 0 Å². The maximum Gasteiger partial charge on any atom is 0.127 e. The molecule has 3 nitrogen and oxygen atoms in total. The number of para-hydroxylation sites is 1. The third-order valence-electron chi connectivity index (χ3n) is 3.04. The Kier molecular flexibility index (Phi) is 2.52. The fourth-order valence-electron chi connectivity index (χ4n) is 2.08. The maximum absolute atomic E-state index is 4.25. The lowest BCUT2D eigenvalue weighted by atomic mass is 10.1. The van der Waals surface area contributed by atoms with E-state index in [-0.39, 0.29) is 0 Å². The van der Waals surface area contributed by atoms with E-state index in [0.717, 1.165) is 11.0 Å². The first-order chi connectivity index (χ1) is 8.25. The number of rotatable bonds is 2. The molecular formula is C13H12BrN3. The molecule has 17 heavy (non-hydrogen) atoms. The molecule has 0 bridgehead atoms. The molecule has 0 spiro atoms. The van der Waals surface area contributed by atoms with Crippen LogP contribution in [-0.4, -0.2) is 14.5 Å². The number of aryl methyl sites for hydroxylation is 1. The standard InChI is InChI=1S/C13H12BrN3/c1-17-8-16-13(14)12(17)6-9-7-15-11-5-3-2-4-10(9)11/h2-5,7-8,15H,6H2,1H3. The van der Waals surface area contributed by atoms with E-state index < -0.39 is 0 Å². The maximum atomic E-state index is 4.25. The number of benzene rings is 1. The molecule has 0 saturated carbocycles. The number of hydrogen-bond donors (Lipinski definition) is 1. The summed E-state index contributed by atoms with van der Waals surface area (Å²) in [6.07, 6.45) is 4.78. The lowest BCUT2D eigenvalue weighted by Gasteiger charge is -2.02. The van der Waals surface area contributed by atoms with Crippen LogP contribution in [-0.2, 0) is 13.5 Å². The summed E-state index contributed by atoms with van der Waals surface area (Å²) in [5.74, 6) is 0. The first-order valence-electron chi connectivity index (χ1n) is 5.46. The fourth-order valence-corrected chi connectivity index (χ4v) is 2.59. The number of H-pyrrole nitrogens is 1. The summed E-state index contributed by atoms with van der Waals surface area (Å²) in [7, 11) is 2.02. The number of nitrogens with one attached hydrogen (secondary N) is 1. The molecule has 0 unspecified atom stereocenters. The summed E-state index contributed by atoms with van der Waals surface area (Å²) in [5, 5.41) is 1.28. The van der Waals surface area contributed by atoms with Crippen LogP contribution in [0.4, 0.5) is 0 Å². The Morgan fingerprint density at radius 3 is 2.94 bits per heavy atom. The smallest absolute Gasteiger partial charge is 0.127 e. The molecule has 2 aromatic heterocycles. The molecule has 86 valence electrons. The van der Waals surface area contributed by atoms with Crippen LogP contribution in [0.1, 0.15) is 11.3 Å². The van der Waals surface area contributed by atoms with Crippen LogP contribution in [0.3, 0.4) is 0 Å². The summed E-state index contributed by atoms with van der Waals surface area (Å²) < 4.78 is 2.97. The SMILES string of the molecule is Cn1cnc(Br)c1Cc1c[nH]c2ccccc12. The van der Waals surface area contributed by atoms with Crippen LogP contribution in [0.5, 0.6) is 0 Å². The normalized spacial score (nSPS) is 11.2. The van der Waals surface area contributed by atoms with Crippen LogP contribution in [0.2, 0.25) is 0 Å². The summed E-state index contributed by atoms with van der Waals surface area (Å²) in [4.78, 5) is 7.54. The minimum Gasteiger partial charge on any atom is -0.361 e. The molecule has 0 amide bonds. The van der Waals surface area contributed by atoms with E-state index in [1.54, 1.807) is 0 Å². The molecule has 0 aliphatic heterocycles. The quantitative estimate of drug-likeness (QED) is 0.772. The topological polar surface area (TPSA) is 33.6 Å². The molecule has 0 atom stereocenters. The highest BCUT2D eigenvalue weighted by Crippen LogP contribution is 2.23. The fraction of sp³-hybridized carbons (Fsp3) is 0.154. The summed E-state index contributed by atoms with van der Waals surface area (Å²) in [5.41, 5.74) is 3.67. The first kappa shape index (κ1) is 10.6. The van der Waals surface area contributed by atoms with Crippen molar-refractivity contribution >= 4 is 26.8 Å². The molecule has 2 heterocycles. The Labute approximate surface area is 108 Å². The summed E-state index contributed by atoms with van der Waals surface area (Å²) >= 11 is 3.48. The number of hydrogen-bond acceptors (Lipinski definition) is 1. The van der Waals surface area contributed by atoms with Gasteiger partial charge in [-0.25, -0.2) is 4.98 Å². The number of aromatic amines is 1. The second-order valence-corrected chi connectivity index (χ2v) is 4.88. The van der Waals surface area contributed by atoms with Crippen molar-refractivity contribution in [1.29, 1.82) is 0 Å². The summed E-state index contributed by atoms with van der Waals surface area (Å²) in [6.45, 7) is 0. The third kappa shape index (κ3) is 1.78. The average Bonchev–Trinajstić information content (AvgIpc) is 2.88. The number of halogens is 1. The Bertz CT molecular complexity index is 647. The molecular weight excluding hydrogens is 278 g/mol. The second-order valence-electron chi connectivity index (χ2n) is 4.13. The summed E-state index contributed by atoms with van der Waals surface area (Å²) in [6, 6.07) is 8.35. The van der Waals surface area contributed by atoms with Gasteiger partial charge in [0.1, 0.15) is 4.60 Å². The van der Waals surface area contributed by atoms with Crippen molar-refractivity contribution in [2.75, 3.05) is 0 Å². The van der Waals surface area contributed by atoms with E-state index in [2.05, 4.69) is 50.3 Å². The zero-order valence-electron chi connectivity index (χ0n) is 9.44. The molecule has 1 N–H and O–H groups in total. The molecule has 3 rings (SSSR count). The highest BCUT2D eigenvalue weighted by molar-refractivity contribution is 9.10. The number of nitrogens with zero attached hydrogens (tertiary/aromatic N) is 2. The van der Waals surface area contributed by atoms with Gasteiger partial charge in [0.05, 0.1) is 12.0 Å². The van der Waals surface area contributed by atoms with Gasteiger partial charge in [0.2, 0.25) is 0 Å². The predicted molar refractivity (Wildman–Crippen MR) is 72.0 cm³/mol. The van der Waals surface area contributed by atoms with Crippen molar-refractivity contribution in [3.63, 3.8) is 0 Å². The molecule has 1 aromatic carbocycles. The van der Waals surface area contributed by atoms with Crippen molar-refractivity contribution in [3.8, 4) is 0 Å². The zero-order valence-corrected chi connectivity index (χ0v) is 11.0. The molecule has 4 heteroatoms. The van der Waals surface area contributed by atoms with E-state index in [0.29, 0.717) is 0 Å². The average molecular weight is 290 g/mol. The Balaban J connectivity index is 2.06. The number of imidazole rings is 1. The van der Waals surface area contributed by atoms with E-state index in [1.807, 2.05) is 24.0 Å². The highest BCUT2D eigenvalue weighted by atomic mass is 79.9. The first-order valence-corrected chi connectivity index (χ1v) is 6.25. The Morgan fingerprint density at radius 1 is 1.35 bits per heavy atom. The lowest BCUT2D eigenvalue weighted by Crippen LogP contribution is -1.96. The van der Waals surface area contributed by atoms with Gasteiger partial charge in [0, 0.05) is 30.6 Å². The van der Waals surface area contributed by atoms with Crippen LogP contribution >= 0.6 is 15.9 Å².